The number of phenolic OH excluding ortho intramolecular Hbond substituents is 1. The van der Waals surface area contributed by atoms with Crippen molar-refractivity contribution in [1.29, 1.82) is 0 Å². The van der Waals surface area contributed by atoms with E-state index in [0.29, 0.717) is 18.0 Å². The van der Waals surface area contributed by atoms with Crippen LogP contribution in [0.4, 0.5) is 4.39 Å². The van der Waals surface area contributed by atoms with E-state index in [2.05, 4.69) is 10.1 Å². The molecule has 0 saturated carbocycles. The maximum absolute atomic E-state index is 13.0. The number of ether oxygens (including phenoxy) is 1. The van der Waals surface area contributed by atoms with Crippen LogP contribution in [0.5, 0.6) is 5.75 Å². The lowest BCUT2D eigenvalue weighted by molar-refractivity contribution is 0.0217. The van der Waals surface area contributed by atoms with Gasteiger partial charge < -0.3 is 14.4 Å². The third-order valence-electron chi connectivity index (χ3n) is 2.84. The van der Waals surface area contributed by atoms with Crippen molar-refractivity contribution in [2.24, 2.45) is 5.92 Å². The third-order valence-corrected chi connectivity index (χ3v) is 2.84. The summed E-state index contributed by atoms with van der Waals surface area (Å²) in [6, 6.07) is 3.62. The predicted octanol–water partition coefficient (Wildman–Crippen LogP) is 3.31. The van der Waals surface area contributed by atoms with Gasteiger partial charge in [0.05, 0.1) is 5.56 Å². The Kier molecular flexibility index (Phi) is 4.34. The first kappa shape index (κ1) is 14.5. The number of benzene rings is 1. The van der Waals surface area contributed by atoms with Crippen molar-refractivity contribution in [3.8, 4) is 17.2 Å². The van der Waals surface area contributed by atoms with Gasteiger partial charge in [-0.3, -0.25) is 0 Å². The molecule has 1 atom stereocenters. The van der Waals surface area contributed by atoms with Gasteiger partial charge in [0.25, 0.3) is 5.89 Å². The van der Waals surface area contributed by atoms with E-state index in [1.807, 2.05) is 20.8 Å². The lowest BCUT2D eigenvalue weighted by Gasteiger charge is -2.16. The fourth-order valence-electron chi connectivity index (χ4n) is 1.89. The van der Waals surface area contributed by atoms with E-state index < -0.39 is 5.82 Å². The fraction of sp³-hybridized carbons (Fsp3) is 0.429. The number of hydrogen-bond acceptors (Lipinski definition) is 5. The Balaban J connectivity index is 2.32. The highest BCUT2D eigenvalue weighted by Crippen LogP contribution is 2.30. The Hall–Kier alpha value is -1.95. The molecule has 20 heavy (non-hydrogen) atoms. The van der Waals surface area contributed by atoms with Crippen molar-refractivity contribution in [1.82, 2.24) is 10.1 Å². The van der Waals surface area contributed by atoms with Crippen molar-refractivity contribution in [2.75, 3.05) is 6.61 Å². The zero-order valence-electron chi connectivity index (χ0n) is 11.6. The second kappa shape index (κ2) is 6.00. The Morgan fingerprint density at radius 2 is 2.15 bits per heavy atom. The molecule has 0 amide bonds. The lowest BCUT2D eigenvalue weighted by atomic mass is 10.1. The molecule has 2 aromatic rings. The van der Waals surface area contributed by atoms with Gasteiger partial charge in [-0.25, -0.2) is 4.39 Å². The van der Waals surface area contributed by atoms with Crippen LogP contribution < -0.4 is 0 Å². The van der Waals surface area contributed by atoms with Crippen LogP contribution in [-0.2, 0) is 4.74 Å². The van der Waals surface area contributed by atoms with Gasteiger partial charge in [0.15, 0.2) is 0 Å². The zero-order valence-corrected chi connectivity index (χ0v) is 11.6. The lowest BCUT2D eigenvalue weighted by Crippen LogP contribution is -2.12. The van der Waals surface area contributed by atoms with Crippen LogP contribution in [-0.4, -0.2) is 21.9 Å². The monoisotopic (exact) mass is 280 g/mol. The summed E-state index contributed by atoms with van der Waals surface area (Å²) in [4.78, 5) is 4.23. The number of halogens is 1. The Bertz CT molecular complexity index is 584. The topological polar surface area (TPSA) is 68.4 Å². The molecular weight excluding hydrogens is 263 g/mol. The van der Waals surface area contributed by atoms with Gasteiger partial charge in [0, 0.05) is 12.7 Å². The summed E-state index contributed by atoms with van der Waals surface area (Å²) in [5.74, 6) is -0.0243. The normalized spacial score (nSPS) is 12.8. The van der Waals surface area contributed by atoms with E-state index in [-0.39, 0.29) is 23.7 Å². The van der Waals surface area contributed by atoms with Gasteiger partial charge in [-0.1, -0.05) is 19.0 Å². The van der Waals surface area contributed by atoms with Crippen molar-refractivity contribution in [2.45, 2.75) is 26.9 Å². The van der Waals surface area contributed by atoms with Gasteiger partial charge in [0.2, 0.25) is 5.82 Å². The van der Waals surface area contributed by atoms with Crippen LogP contribution in [0.3, 0.4) is 0 Å². The molecule has 108 valence electrons. The molecule has 1 heterocycles. The first-order chi connectivity index (χ1) is 9.52. The van der Waals surface area contributed by atoms with Gasteiger partial charge in [-0.15, -0.1) is 0 Å². The number of rotatable bonds is 5. The second-order valence-corrected chi connectivity index (χ2v) is 4.74. The molecule has 1 aromatic heterocycles. The predicted molar refractivity (Wildman–Crippen MR) is 70.6 cm³/mol. The highest BCUT2D eigenvalue weighted by molar-refractivity contribution is 5.61. The Morgan fingerprint density at radius 1 is 1.40 bits per heavy atom. The van der Waals surface area contributed by atoms with Crippen LogP contribution in [0.25, 0.3) is 11.5 Å². The summed E-state index contributed by atoms with van der Waals surface area (Å²) in [6.07, 6.45) is -0.278. The standard InChI is InChI=1S/C14H17FN2O3/c1-4-19-12(8(2)3)13-16-14(20-17-13)10-6-5-9(15)7-11(10)18/h5-8,12,18H,4H2,1-3H3. The highest BCUT2D eigenvalue weighted by Gasteiger charge is 2.23. The molecule has 0 bridgehead atoms. The van der Waals surface area contributed by atoms with Crippen molar-refractivity contribution >= 4 is 0 Å². The van der Waals surface area contributed by atoms with E-state index in [9.17, 15) is 9.50 Å². The highest BCUT2D eigenvalue weighted by atomic mass is 19.1. The average molecular weight is 280 g/mol. The van der Waals surface area contributed by atoms with Gasteiger partial charge in [0.1, 0.15) is 17.7 Å². The summed E-state index contributed by atoms with van der Waals surface area (Å²) in [5, 5.41) is 13.6. The van der Waals surface area contributed by atoms with Crippen molar-refractivity contribution < 1.29 is 18.8 Å². The largest absolute Gasteiger partial charge is 0.507 e. The number of hydrogen-bond donors (Lipinski definition) is 1. The van der Waals surface area contributed by atoms with Gasteiger partial charge in [-0.2, -0.15) is 4.98 Å². The average Bonchev–Trinajstić information content (AvgIpc) is 2.84. The third kappa shape index (κ3) is 2.96. The summed E-state index contributed by atoms with van der Waals surface area (Å²) >= 11 is 0. The molecular formula is C14H17FN2O3. The van der Waals surface area contributed by atoms with E-state index >= 15 is 0 Å². The van der Waals surface area contributed by atoms with E-state index in [1.54, 1.807) is 0 Å². The van der Waals surface area contributed by atoms with E-state index in [0.717, 1.165) is 6.07 Å². The summed E-state index contributed by atoms with van der Waals surface area (Å²) in [5.41, 5.74) is 0.296. The molecule has 2 rings (SSSR count). The summed E-state index contributed by atoms with van der Waals surface area (Å²) in [6.45, 7) is 6.41. The van der Waals surface area contributed by atoms with Gasteiger partial charge in [-0.05, 0) is 25.0 Å². The first-order valence-electron chi connectivity index (χ1n) is 6.47. The summed E-state index contributed by atoms with van der Waals surface area (Å²) in [7, 11) is 0. The molecule has 0 spiro atoms. The van der Waals surface area contributed by atoms with Crippen LogP contribution in [0, 0.1) is 11.7 Å². The molecule has 0 saturated heterocycles. The SMILES string of the molecule is CCOC(c1noc(-c2ccc(F)cc2O)n1)C(C)C. The molecule has 6 heteroatoms. The first-order valence-corrected chi connectivity index (χ1v) is 6.47. The van der Waals surface area contributed by atoms with Crippen LogP contribution in [0.1, 0.15) is 32.7 Å². The Labute approximate surface area is 116 Å². The number of nitrogens with zero attached hydrogens (tertiary/aromatic N) is 2. The summed E-state index contributed by atoms with van der Waals surface area (Å²) < 4.78 is 23.7. The van der Waals surface area contributed by atoms with Crippen LogP contribution in [0.2, 0.25) is 0 Å². The van der Waals surface area contributed by atoms with E-state index in [1.165, 1.54) is 12.1 Å². The fourth-order valence-corrected chi connectivity index (χ4v) is 1.89. The minimum atomic E-state index is -0.527. The molecule has 1 N–H and O–H groups in total. The molecule has 1 unspecified atom stereocenters. The van der Waals surface area contributed by atoms with Crippen LogP contribution in [0.15, 0.2) is 22.7 Å². The Morgan fingerprint density at radius 3 is 2.75 bits per heavy atom. The quantitative estimate of drug-likeness (QED) is 0.910. The molecule has 0 fully saturated rings. The number of aromatic hydroxyl groups is 1. The molecule has 1 aromatic carbocycles. The molecule has 0 radical (unpaired) electrons. The number of aromatic nitrogens is 2. The van der Waals surface area contributed by atoms with Crippen molar-refractivity contribution in [3.63, 3.8) is 0 Å². The molecule has 0 aliphatic rings. The zero-order chi connectivity index (χ0) is 14.7. The minimum Gasteiger partial charge on any atom is -0.507 e. The maximum atomic E-state index is 13.0. The molecule has 0 aliphatic heterocycles. The molecule has 5 nitrogen and oxygen atoms in total. The van der Waals surface area contributed by atoms with Crippen molar-refractivity contribution in [3.05, 3.63) is 29.8 Å². The smallest absolute Gasteiger partial charge is 0.261 e. The minimum absolute atomic E-state index is 0.142. The van der Waals surface area contributed by atoms with Gasteiger partial charge >= 0.3 is 0 Å². The second-order valence-electron chi connectivity index (χ2n) is 4.74. The van der Waals surface area contributed by atoms with E-state index in [4.69, 9.17) is 9.26 Å². The number of phenols is 1. The molecule has 0 aliphatic carbocycles. The maximum Gasteiger partial charge on any atom is 0.261 e. The van der Waals surface area contributed by atoms with Crippen LogP contribution >= 0.6 is 0 Å².